The van der Waals surface area contributed by atoms with Gasteiger partial charge in [0.05, 0.1) is 12.1 Å². The van der Waals surface area contributed by atoms with Crippen molar-refractivity contribution in [2.24, 2.45) is 5.84 Å². The zero-order valence-electron chi connectivity index (χ0n) is 11.2. The van der Waals surface area contributed by atoms with Gasteiger partial charge in [-0.05, 0) is 31.0 Å². The molecule has 1 aromatic carbocycles. The van der Waals surface area contributed by atoms with Gasteiger partial charge >= 0.3 is 0 Å². The second-order valence-corrected chi connectivity index (χ2v) is 5.45. The highest BCUT2D eigenvalue weighted by Crippen LogP contribution is 2.15. The summed E-state index contributed by atoms with van der Waals surface area (Å²) in [6.45, 7) is 2.01. The van der Waals surface area contributed by atoms with E-state index in [0.29, 0.717) is 0 Å². The average Bonchev–Trinajstić information content (AvgIpc) is 2.84. The summed E-state index contributed by atoms with van der Waals surface area (Å²) in [7, 11) is 1.67. The molecule has 5 heteroatoms. The predicted molar refractivity (Wildman–Crippen MR) is 78.4 cm³/mol. The van der Waals surface area contributed by atoms with Crippen LogP contribution in [0.1, 0.15) is 16.3 Å². The van der Waals surface area contributed by atoms with Gasteiger partial charge in [-0.25, -0.2) is 4.98 Å². The van der Waals surface area contributed by atoms with Crippen LogP contribution in [0, 0.1) is 6.92 Å². The van der Waals surface area contributed by atoms with E-state index in [9.17, 15) is 0 Å². The number of ether oxygens (including phenoxy) is 1. The first-order valence-electron chi connectivity index (χ1n) is 6.21. The van der Waals surface area contributed by atoms with Crippen molar-refractivity contribution < 1.29 is 4.74 Å². The van der Waals surface area contributed by atoms with Gasteiger partial charge in [0.15, 0.2) is 0 Å². The van der Waals surface area contributed by atoms with Crippen LogP contribution >= 0.6 is 11.3 Å². The number of benzene rings is 1. The topological polar surface area (TPSA) is 60.2 Å². The number of aryl methyl sites for hydroxylation is 1. The molecule has 0 saturated carbocycles. The van der Waals surface area contributed by atoms with Crippen molar-refractivity contribution in [1.82, 2.24) is 10.4 Å². The van der Waals surface area contributed by atoms with Crippen LogP contribution in [0.4, 0.5) is 0 Å². The summed E-state index contributed by atoms with van der Waals surface area (Å²) >= 11 is 1.68. The smallest absolute Gasteiger partial charge is 0.118 e. The summed E-state index contributed by atoms with van der Waals surface area (Å²) in [6, 6.07) is 8.26. The number of nitrogens with one attached hydrogen (secondary N) is 1. The third kappa shape index (κ3) is 4.02. The molecule has 19 heavy (non-hydrogen) atoms. The van der Waals surface area contributed by atoms with Crippen molar-refractivity contribution in [2.75, 3.05) is 7.11 Å². The van der Waals surface area contributed by atoms with Gasteiger partial charge in [0, 0.05) is 23.5 Å². The van der Waals surface area contributed by atoms with Crippen molar-refractivity contribution in [2.45, 2.75) is 25.8 Å². The number of methoxy groups -OCH3 is 1. The molecule has 0 amide bonds. The number of nitrogens with two attached hydrogens (primary N) is 1. The number of hydrogen-bond donors (Lipinski definition) is 2. The van der Waals surface area contributed by atoms with Crippen molar-refractivity contribution in [3.8, 4) is 5.75 Å². The van der Waals surface area contributed by atoms with Crippen molar-refractivity contribution >= 4 is 11.3 Å². The average molecular weight is 277 g/mol. The van der Waals surface area contributed by atoms with Crippen LogP contribution in [-0.4, -0.2) is 18.1 Å². The molecule has 2 aromatic rings. The van der Waals surface area contributed by atoms with Crippen molar-refractivity contribution in [1.29, 1.82) is 0 Å². The number of hydrogen-bond acceptors (Lipinski definition) is 5. The number of hydrazine groups is 1. The second-order valence-electron chi connectivity index (χ2n) is 4.50. The molecule has 1 heterocycles. The monoisotopic (exact) mass is 277 g/mol. The van der Waals surface area contributed by atoms with Gasteiger partial charge in [-0.15, -0.1) is 11.3 Å². The molecule has 0 aliphatic rings. The first-order valence-corrected chi connectivity index (χ1v) is 7.09. The van der Waals surface area contributed by atoms with Crippen molar-refractivity contribution in [3.05, 3.63) is 45.9 Å². The minimum absolute atomic E-state index is 0.193. The summed E-state index contributed by atoms with van der Waals surface area (Å²) in [4.78, 5) is 4.47. The van der Waals surface area contributed by atoms with Gasteiger partial charge in [0.25, 0.3) is 0 Å². The molecule has 2 rings (SSSR count). The van der Waals surface area contributed by atoms with E-state index in [1.807, 2.05) is 19.1 Å². The van der Waals surface area contributed by atoms with E-state index in [2.05, 4.69) is 27.9 Å². The van der Waals surface area contributed by atoms with E-state index < -0.39 is 0 Å². The molecule has 0 bridgehead atoms. The molecule has 0 aliphatic carbocycles. The Morgan fingerprint density at radius 2 is 2.05 bits per heavy atom. The highest BCUT2D eigenvalue weighted by atomic mass is 32.1. The van der Waals surface area contributed by atoms with Gasteiger partial charge in [0.1, 0.15) is 5.75 Å². The molecule has 1 aromatic heterocycles. The van der Waals surface area contributed by atoms with E-state index in [1.54, 1.807) is 18.4 Å². The first-order chi connectivity index (χ1) is 9.21. The molecule has 0 radical (unpaired) electrons. The Bertz CT molecular complexity index is 510. The lowest BCUT2D eigenvalue weighted by atomic mass is 10.0. The maximum Gasteiger partial charge on any atom is 0.118 e. The summed E-state index contributed by atoms with van der Waals surface area (Å²) in [5.74, 6) is 6.51. The zero-order valence-corrected chi connectivity index (χ0v) is 12.0. The molecule has 3 N–H and O–H groups in total. The number of nitrogens with zero attached hydrogens (tertiary/aromatic N) is 1. The van der Waals surface area contributed by atoms with Gasteiger partial charge in [0.2, 0.25) is 0 Å². The molecule has 0 saturated heterocycles. The Morgan fingerprint density at radius 3 is 2.58 bits per heavy atom. The lowest BCUT2D eigenvalue weighted by Crippen LogP contribution is -2.38. The lowest BCUT2D eigenvalue weighted by molar-refractivity contribution is 0.414. The van der Waals surface area contributed by atoms with Crippen LogP contribution in [-0.2, 0) is 12.8 Å². The fraction of sp³-hybridized carbons (Fsp3) is 0.357. The summed E-state index contributed by atoms with van der Waals surface area (Å²) in [5, 5.41) is 3.19. The quantitative estimate of drug-likeness (QED) is 0.627. The third-order valence-electron chi connectivity index (χ3n) is 2.96. The van der Waals surface area contributed by atoms with E-state index in [1.165, 1.54) is 5.56 Å². The van der Waals surface area contributed by atoms with Crippen LogP contribution in [0.5, 0.6) is 5.75 Å². The standard InChI is InChI=1S/C14H19N3OS/c1-10-9-19-14(16-10)8-12(17-15)7-11-3-5-13(18-2)6-4-11/h3-6,9,12,17H,7-8,15H2,1-2H3. The summed E-state index contributed by atoms with van der Waals surface area (Å²) in [6.07, 6.45) is 1.72. The predicted octanol–water partition coefficient (Wildman–Crippen LogP) is 2.08. The molecule has 0 spiro atoms. The van der Waals surface area contributed by atoms with E-state index in [-0.39, 0.29) is 6.04 Å². The number of aromatic nitrogens is 1. The largest absolute Gasteiger partial charge is 0.497 e. The minimum Gasteiger partial charge on any atom is -0.497 e. The Hall–Kier alpha value is -1.43. The lowest BCUT2D eigenvalue weighted by Gasteiger charge is -2.14. The molecule has 102 valence electrons. The van der Waals surface area contributed by atoms with E-state index in [0.717, 1.165) is 29.3 Å². The SMILES string of the molecule is COc1ccc(CC(Cc2nc(C)cs2)NN)cc1. The van der Waals surface area contributed by atoms with Crippen molar-refractivity contribution in [3.63, 3.8) is 0 Å². The highest BCUT2D eigenvalue weighted by Gasteiger charge is 2.11. The normalized spacial score (nSPS) is 12.4. The van der Waals surface area contributed by atoms with Crippen LogP contribution in [0.3, 0.4) is 0 Å². The molecule has 0 fully saturated rings. The van der Waals surface area contributed by atoms with Crippen LogP contribution in [0.25, 0.3) is 0 Å². The Morgan fingerprint density at radius 1 is 1.32 bits per heavy atom. The second kappa shape index (κ2) is 6.65. The summed E-state index contributed by atoms with van der Waals surface area (Å²) in [5.41, 5.74) is 5.18. The fourth-order valence-electron chi connectivity index (χ4n) is 1.94. The molecule has 0 aliphatic heterocycles. The molecule has 1 atom stereocenters. The van der Waals surface area contributed by atoms with Gasteiger partial charge < -0.3 is 4.74 Å². The maximum absolute atomic E-state index is 5.63. The van der Waals surface area contributed by atoms with Gasteiger partial charge in [-0.3, -0.25) is 11.3 Å². The molecular weight excluding hydrogens is 258 g/mol. The van der Waals surface area contributed by atoms with Crippen LogP contribution in [0.2, 0.25) is 0 Å². The van der Waals surface area contributed by atoms with Gasteiger partial charge in [-0.2, -0.15) is 0 Å². The zero-order chi connectivity index (χ0) is 13.7. The molecular formula is C14H19N3OS. The fourth-order valence-corrected chi connectivity index (χ4v) is 2.80. The maximum atomic E-state index is 5.63. The van der Waals surface area contributed by atoms with E-state index >= 15 is 0 Å². The highest BCUT2D eigenvalue weighted by molar-refractivity contribution is 7.09. The first kappa shape index (κ1) is 14.0. The molecule has 4 nitrogen and oxygen atoms in total. The third-order valence-corrected chi connectivity index (χ3v) is 3.95. The van der Waals surface area contributed by atoms with Crippen LogP contribution in [0.15, 0.2) is 29.6 Å². The van der Waals surface area contributed by atoms with E-state index in [4.69, 9.17) is 10.6 Å². The van der Waals surface area contributed by atoms with Gasteiger partial charge in [-0.1, -0.05) is 12.1 Å². The Balaban J connectivity index is 1.97. The number of thiazole rings is 1. The molecule has 1 unspecified atom stereocenters. The van der Waals surface area contributed by atoms with Crippen LogP contribution < -0.4 is 16.0 Å². The Kier molecular flexibility index (Phi) is 4.90. The minimum atomic E-state index is 0.193. The number of rotatable bonds is 6. The summed E-state index contributed by atoms with van der Waals surface area (Å²) < 4.78 is 5.15. The Labute approximate surface area is 117 Å².